The standard InChI is InChI=1S/C18H26N4O/c1-14-12-22(17-7-5-6-8-18(17)23-4)10-9-21(14)13-16-11-19-20(3)15(16)2/h5-8,11,14H,9-10,12-13H2,1-4H3/t14-/m1/s1. The van der Waals surface area contributed by atoms with Crippen molar-refractivity contribution in [1.29, 1.82) is 0 Å². The summed E-state index contributed by atoms with van der Waals surface area (Å²) in [6, 6.07) is 8.77. The highest BCUT2D eigenvalue weighted by Crippen LogP contribution is 2.29. The molecule has 0 N–H and O–H groups in total. The van der Waals surface area contributed by atoms with Gasteiger partial charge in [-0.15, -0.1) is 0 Å². The van der Waals surface area contributed by atoms with Gasteiger partial charge in [0.2, 0.25) is 0 Å². The summed E-state index contributed by atoms with van der Waals surface area (Å²) in [5.74, 6) is 0.955. The van der Waals surface area contributed by atoms with E-state index < -0.39 is 0 Å². The molecule has 1 saturated heterocycles. The lowest BCUT2D eigenvalue weighted by atomic mass is 10.1. The zero-order valence-corrected chi connectivity index (χ0v) is 14.5. The molecule has 0 spiro atoms. The van der Waals surface area contributed by atoms with Gasteiger partial charge in [0.25, 0.3) is 0 Å². The summed E-state index contributed by atoms with van der Waals surface area (Å²) in [6.07, 6.45) is 1.99. The molecule has 0 saturated carbocycles. The molecule has 0 unspecified atom stereocenters. The van der Waals surface area contributed by atoms with Crippen LogP contribution < -0.4 is 9.64 Å². The molecule has 1 aromatic carbocycles. The fraction of sp³-hybridized carbons (Fsp3) is 0.500. The molecule has 3 rings (SSSR count). The summed E-state index contributed by atoms with van der Waals surface area (Å²) in [4.78, 5) is 4.96. The predicted molar refractivity (Wildman–Crippen MR) is 93.0 cm³/mol. The topological polar surface area (TPSA) is 33.5 Å². The van der Waals surface area contributed by atoms with Crippen LogP contribution in [-0.2, 0) is 13.6 Å². The molecule has 5 heteroatoms. The fourth-order valence-corrected chi connectivity index (χ4v) is 3.26. The van der Waals surface area contributed by atoms with Gasteiger partial charge in [-0.25, -0.2) is 0 Å². The number of piperazine rings is 1. The highest BCUT2D eigenvalue weighted by atomic mass is 16.5. The molecule has 5 nitrogen and oxygen atoms in total. The van der Waals surface area contributed by atoms with Gasteiger partial charge in [-0.2, -0.15) is 5.10 Å². The third-order valence-electron chi connectivity index (χ3n) is 4.90. The minimum Gasteiger partial charge on any atom is -0.495 e. The number of nitrogens with zero attached hydrogens (tertiary/aromatic N) is 4. The normalized spacial score (nSPS) is 19.1. The van der Waals surface area contributed by atoms with Gasteiger partial charge in [0.05, 0.1) is 19.0 Å². The quantitative estimate of drug-likeness (QED) is 0.868. The molecular weight excluding hydrogens is 288 g/mol. The first kappa shape index (κ1) is 15.9. The van der Waals surface area contributed by atoms with Crippen LogP contribution in [-0.4, -0.2) is 47.5 Å². The van der Waals surface area contributed by atoms with Crippen LogP contribution >= 0.6 is 0 Å². The van der Waals surface area contributed by atoms with Gasteiger partial charge in [0.1, 0.15) is 5.75 Å². The van der Waals surface area contributed by atoms with Crippen molar-refractivity contribution in [2.24, 2.45) is 7.05 Å². The Labute approximate surface area is 138 Å². The lowest BCUT2D eigenvalue weighted by molar-refractivity contribution is 0.180. The number of ether oxygens (including phenoxy) is 1. The Bertz CT molecular complexity index is 667. The van der Waals surface area contributed by atoms with E-state index in [4.69, 9.17) is 4.74 Å². The molecule has 1 aliphatic heterocycles. The third kappa shape index (κ3) is 3.20. The van der Waals surface area contributed by atoms with Crippen molar-refractivity contribution < 1.29 is 4.74 Å². The summed E-state index contributed by atoms with van der Waals surface area (Å²) < 4.78 is 7.46. The van der Waals surface area contributed by atoms with Crippen molar-refractivity contribution in [1.82, 2.24) is 14.7 Å². The molecule has 1 atom stereocenters. The van der Waals surface area contributed by atoms with E-state index in [1.165, 1.54) is 16.9 Å². The number of rotatable bonds is 4. The van der Waals surface area contributed by atoms with Gasteiger partial charge < -0.3 is 9.64 Å². The summed E-state index contributed by atoms with van der Waals surface area (Å²) >= 11 is 0. The van der Waals surface area contributed by atoms with Gasteiger partial charge in [-0.3, -0.25) is 9.58 Å². The Kier molecular flexibility index (Phi) is 4.57. The highest BCUT2D eigenvalue weighted by Gasteiger charge is 2.26. The molecule has 1 aromatic heterocycles. The maximum Gasteiger partial charge on any atom is 0.142 e. The van der Waals surface area contributed by atoms with Crippen LogP contribution in [0.25, 0.3) is 0 Å². The van der Waals surface area contributed by atoms with Crippen molar-refractivity contribution in [3.8, 4) is 5.75 Å². The first-order valence-corrected chi connectivity index (χ1v) is 8.19. The van der Waals surface area contributed by atoms with E-state index in [9.17, 15) is 0 Å². The summed E-state index contributed by atoms with van der Waals surface area (Å²) in [5.41, 5.74) is 3.77. The Morgan fingerprint density at radius 3 is 2.70 bits per heavy atom. The Morgan fingerprint density at radius 1 is 1.26 bits per heavy atom. The SMILES string of the molecule is COc1ccccc1N1CCN(Cc2cnn(C)c2C)[C@H](C)C1. The fourth-order valence-electron chi connectivity index (χ4n) is 3.26. The predicted octanol–water partition coefficient (Wildman–Crippen LogP) is 2.45. The van der Waals surface area contributed by atoms with Crippen LogP contribution in [0, 0.1) is 6.92 Å². The largest absolute Gasteiger partial charge is 0.495 e. The second kappa shape index (κ2) is 6.62. The lowest BCUT2D eigenvalue weighted by Gasteiger charge is -2.41. The Balaban J connectivity index is 1.69. The summed E-state index contributed by atoms with van der Waals surface area (Å²) in [6.45, 7) is 8.49. The maximum atomic E-state index is 5.51. The van der Waals surface area contributed by atoms with Gasteiger partial charge in [0.15, 0.2) is 0 Å². The van der Waals surface area contributed by atoms with Crippen LogP contribution in [0.1, 0.15) is 18.2 Å². The molecule has 1 fully saturated rings. The van der Waals surface area contributed by atoms with Crippen molar-refractivity contribution in [2.75, 3.05) is 31.6 Å². The summed E-state index contributed by atoms with van der Waals surface area (Å²) in [5, 5.41) is 4.35. The number of methoxy groups -OCH3 is 1. The number of aromatic nitrogens is 2. The van der Waals surface area contributed by atoms with E-state index in [1.807, 2.05) is 30.1 Å². The number of para-hydroxylation sites is 2. The van der Waals surface area contributed by atoms with E-state index in [1.54, 1.807) is 7.11 Å². The van der Waals surface area contributed by atoms with Crippen LogP contribution in [0.15, 0.2) is 30.5 Å². The van der Waals surface area contributed by atoms with Gasteiger partial charge >= 0.3 is 0 Å². The molecule has 23 heavy (non-hydrogen) atoms. The zero-order chi connectivity index (χ0) is 16.4. The van der Waals surface area contributed by atoms with Crippen molar-refractivity contribution >= 4 is 5.69 Å². The summed E-state index contributed by atoms with van der Waals surface area (Å²) in [7, 11) is 3.74. The Morgan fingerprint density at radius 2 is 2.04 bits per heavy atom. The van der Waals surface area contributed by atoms with Gasteiger partial charge in [-0.1, -0.05) is 12.1 Å². The lowest BCUT2D eigenvalue weighted by Crippen LogP contribution is -2.51. The van der Waals surface area contributed by atoms with E-state index in [0.717, 1.165) is 31.9 Å². The van der Waals surface area contributed by atoms with Crippen LogP contribution in [0.3, 0.4) is 0 Å². The molecular formula is C18H26N4O. The molecule has 1 aliphatic rings. The van der Waals surface area contributed by atoms with Crippen LogP contribution in [0.4, 0.5) is 5.69 Å². The molecule has 2 aromatic rings. The second-order valence-corrected chi connectivity index (χ2v) is 6.32. The van der Waals surface area contributed by atoms with E-state index in [2.05, 4.69) is 40.9 Å². The Hall–Kier alpha value is -2.01. The van der Waals surface area contributed by atoms with Crippen molar-refractivity contribution in [3.63, 3.8) is 0 Å². The molecule has 0 amide bonds. The number of aryl methyl sites for hydroxylation is 1. The average molecular weight is 314 g/mol. The second-order valence-electron chi connectivity index (χ2n) is 6.32. The number of hydrogen-bond acceptors (Lipinski definition) is 4. The first-order valence-electron chi connectivity index (χ1n) is 8.19. The minimum atomic E-state index is 0.494. The molecule has 124 valence electrons. The van der Waals surface area contributed by atoms with Gasteiger partial charge in [0, 0.05) is 50.5 Å². The first-order chi connectivity index (χ1) is 11.1. The highest BCUT2D eigenvalue weighted by molar-refractivity contribution is 5.58. The van der Waals surface area contributed by atoms with E-state index >= 15 is 0 Å². The molecule has 2 heterocycles. The van der Waals surface area contributed by atoms with Gasteiger partial charge in [-0.05, 0) is 26.0 Å². The molecule has 0 aliphatic carbocycles. The molecule has 0 bridgehead atoms. The number of hydrogen-bond donors (Lipinski definition) is 0. The number of benzene rings is 1. The van der Waals surface area contributed by atoms with Crippen LogP contribution in [0.5, 0.6) is 5.75 Å². The van der Waals surface area contributed by atoms with Crippen molar-refractivity contribution in [3.05, 3.63) is 41.7 Å². The number of anilines is 1. The monoisotopic (exact) mass is 314 g/mol. The molecule has 0 radical (unpaired) electrons. The smallest absolute Gasteiger partial charge is 0.142 e. The third-order valence-corrected chi connectivity index (χ3v) is 4.90. The van der Waals surface area contributed by atoms with Crippen molar-refractivity contribution in [2.45, 2.75) is 26.4 Å². The maximum absolute atomic E-state index is 5.51. The zero-order valence-electron chi connectivity index (χ0n) is 14.5. The van der Waals surface area contributed by atoms with Crippen LogP contribution in [0.2, 0.25) is 0 Å². The average Bonchev–Trinajstić information content (AvgIpc) is 2.88. The van der Waals surface area contributed by atoms with E-state index in [-0.39, 0.29) is 0 Å². The minimum absolute atomic E-state index is 0.494. The van der Waals surface area contributed by atoms with E-state index in [0.29, 0.717) is 6.04 Å².